The van der Waals surface area contributed by atoms with Gasteiger partial charge in [-0.15, -0.1) is 0 Å². The molecule has 1 unspecified atom stereocenters. The van der Waals surface area contributed by atoms with Crippen molar-refractivity contribution in [3.8, 4) is 0 Å². The van der Waals surface area contributed by atoms with E-state index in [-0.39, 0.29) is 5.41 Å². The van der Waals surface area contributed by atoms with Crippen LogP contribution < -0.4 is 0 Å². The van der Waals surface area contributed by atoms with Crippen LogP contribution in [0.4, 0.5) is 0 Å². The lowest BCUT2D eigenvalue weighted by Gasteiger charge is -2.26. The van der Waals surface area contributed by atoms with Crippen LogP contribution in [0.5, 0.6) is 0 Å². The highest BCUT2D eigenvalue weighted by Gasteiger charge is 2.25. The van der Waals surface area contributed by atoms with E-state index in [2.05, 4.69) is 41.8 Å². The Kier molecular flexibility index (Phi) is 4.87. The maximum atomic E-state index is 6.31. The summed E-state index contributed by atoms with van der Waals surface area (Å²) >= 11 is 9.91. The molecule has 1 aromatic heterocycles. The van der Waals surface area contributed by atoms with E-state index in [1.165, 1.54) is 5.69 Å². The number of aryl methyl sites for hydroxylation is 2. The Hall–Kier alpha value is -0.0200. The molecule has 0 fully saturated rings. The molecule has 0 saturated heterocycles. The lowest BCUT2D eigenvalue weighted by molar-refractivity contribution is 0.349. The van der Waals surface area contributed by atoms with Crippen molar-refractivity contribution in [2.45, 2.75) is 47.1 Å². The summed E-state index contributed by atoms with van der Waals surface area (Å²) in [5.41, 5.74) is 2.36. The van der Waals surface area contributed by atoms with Gasteiger partial charge in [0, 0.05) is 11.9 Å². The Morgan fingerprint density at radius 1 is 1.44 bits per heavy atom. The zero-order valence-corrected chi connectivity index (χ0v) is 12.8. The maximum Gasteiger partial charge on any atom is 0.0847 e. The SMILES string of the molecule is CCn1nc(C)c(Cl)c1CC(C)(CC)CBr. The molecule has 16 heavy (non-hydrogen) atoms. The van der Waals surface area contributed by atoms with Crippen LogP contribution >= 0.6 is 27.5 Å². The van der Waals surface area contributed by atoms with E-state index in [1.54, 1.807) is 0 Å². The van der Waals surface area contributed by atoms with Crippen molar-refractivity contribution in [3.63, 3.8) is 0 Å². The molecule has 1 rings (SSSR count). The third kappa shape index (κ3) is 2.80. The molecule has 1 atom stereocenters. The van der Waals surface area contributed by atoms with Crippen LogP contribution in [0.25, 0.3) is 0 Å². The molecule has 0 aliphatic carbocycles. The fraction of sp³-hybridized carbons (Fsp3) is 0.750. The minimum absolute atomic E-state index is 0.253. The van der Waals surface area contributed by atoms with Crippen molar-refractivity contribution in [2.75, 3.05) is 5.33 Å². The Morgan fingerprint density at radius 2 is 2.06 bits per heavy atom. The summed E-state index contributed by atoms with van der Waals surface area (Å²) < 4.78 is 2.02. The summed E-state index contributed by atoms with van der Waals surface area (Å²) in [6.45, 7) is 9.44. The zero-order valence-electron chi connectivity index (χ0n) is 10.5. The lowest BCUT2D eigenvalue weighted by Crippen LogP contribution is -2.22. The third-order valence-corrected chi connectivity index (χ3v) is 5.07. The van der Waals surface area contributed by atoms with Crippen molar-refractivity contribution in [1.82, 2.24) is 9.78 Å². The Labute approximate surface area is 111 Å². The van der Waals surface area contributed by atoms with Gasteiger partial charge in [0.2, 0.25) is 0 Å². The number of hydrogen-bond donors (Lipinski definition) is 0. The van der Waals surface area contributed by atoms with Gasteiger partial charge < -0.3 is 0 Å². The summed E-state index contributed by atoms with van der Waals surface area (Å²) in [5, 5.41) is 6.27. The minimum Gasteiger partial charge on any atom is -0.268 e. The molecule has 0 aliphatic heterocycles. The Bertz CT molecular complexity index is 356. The Morgan fingerprint density at radius 3 is 2.50 bits per heavy atom. The summed E-state index contributed by atoms with van der Waals surface area (Å²) in [4.78, 5) is 0. The average Bonchev–Trinajstić information content (AvgIpc) is 2.56. The largest absolute Gasteiger partial charge is 0.268 e. The number of alkyl halides is 1. The second-order valence-corrected chi connectivity index (χ2v) is 5.58. The highest BCUT2D eigenvalue weighted by Crippen LogP contribution is 2.32. The van der Waals surface area contributed by atoms with E-state index in [9.17, 15) is 0 Å². The molecule has 2 nitrogen and oxygen atoms in total. The van der Waals surface area contributed by atoms with E-state index in [0.29, 0.717) is 0 Å². The van der Waals surface area contributed by atoms with Gasteiger partial charge in [0.05, 0.1) is 16.4 Å². The lowest BCUT2D eigenvalue weighted by atomic mass is 9.85. The molecule has 0 amide bonds. The molecular formula is C12H20BrClN2. The van der Waals surface area contributed by atoms with Crippen molar-refractivity contribution in [1.29, 1.82) is 0 Å². The molecule has 92 valence electrons. The standard InChI is InChI=1S/C12H20BrClN2/c1-5-12(4,8-13)7-10-11(14)9(3)15-16(10)6-2/h5-8H2,1-4H3. The molecular weight excluding hydrogens is 288 g/mol. The smallest absolute Gasteiger partial charge is 0.0847 e. The van der Waals surface area contributed by atoms with Gasteiger partial charge in [0.15, 0.2) is 0 Å². The molecule has 0 saturated carbocycles. The first-order chi connectivity index (χ1) is 7.47. The van der Waals surface area contributed by atoms with Gasteiger partial charge in [0.25, 0.3) is 0 Å². The van der Waals surface area contributed by atoms with Gasteiger partial charge in [-0.05, 0) is 32.1 Å². The predicted octanol–water partition coefficient (Wildman–Crippen LogP) is 4.22. The van der Waals surface area contributed by atoms with E-state index < -0.39 is 0 Å². The van der Waals surface area contributed by atoms with Crippen LogP contribution in [0.3, 0.4) is 0 Å². The first-order valence-electron chi connectivity index (χ1n) is 5.75. The molecule has 1 aromatic rings. The second kappa shape index (κ2) is 5.54. The van der Waals surface area contributed by atoms with Crippen LogP contribution in [-0.4, -0.2) is 15.1 Å². The van der Waals surface area contributed by atoms with Crippen LogP contribution in [-0.2, 0) is 13.0 Å². The monoisotopic (exact) mass is 306 g/mol. The molecule has 0 bridgehead atoms. The maximum absolute atomic E-state index is 6.31. The number of hydrogen-bond acceptors (Lipinski definition) is 1. The van der Waals surface area contributed by atoms with E-state index >= 15 is 0 Å². The number of halogens is 2. The molecule has 0 spiro atoms. The van der Waals surface area contributed by atoms with Crippen molar-refractivity contribution in [3.05, 3.63) is 16.4 Å². The van der Waals surface area contributed by atoms with Gasteiger partial charge in [-0.3, -0.25) is 4.68 Å². The average molecular weight is 308 g/mol. The molecule has 0 radical (unpaired) electrons. The number of rotatable bonds is 5. The van der Waals surface area contributed by atoms with Crippen molar-refractivity contribution < 1.29 is 0 Å². The first-order valence-corrected chi connectivity index (χ1v) is 7.25. The fourth-order valence-corrected chi connectivity index (χ4v) is 2.51. The predicted molar refractivity (Wildman–Crippen MR) is 73.5 cm³/mol. The number of nitrogens with zero attached hydrogens (tertiary/aromatic N) is 2. The molecule has 0 aromatic carbocycles. The van der Waals surface area contributed by atoms with Crippen LogP contribution in [0, 0.1) is 12.3 Å². The first kappa shape index (κ1) is 14.0. The molecule has 0 N–H and O–H groups in total. The highest BCUT2D eigenvalue weighted by atomic mass is 79.9. The van der Waals surface area contributed by atoms with Gasteiger partial charge in [-0.2, -0.15) is 5.10 Å². The van der Waals surface area contributed by atoms with Gasteiger partial charge in [0.1, 0.15) is 0 Å². The normalized spacial score (nSPS) is 15.1. The van der Waals surface area contributed by atoms with Crippen LogP contribution in [0.1, 0.15) is 38.6 Å². The van der Waals surface area contributed by atoms with Gasteiger partial charge in [-0.1, -0.05) is 41.4 Å². The molecule has 1 heterocycles. The van der Waals surface area contributed by atoms with Gasteiger partial charge >= 0.3 is 0 Å². The zero-order chi connectivity index (χ0) is 12.3. The third-order valence-electron chi connectivity index (χ3n) is 3.22. The Balaban J connectivity index is 3.04. The summed E-state index contributed by atoms with van der Waals surface area (Å²) in [5.74, 6) is 0. The van der Waals surface area contributed by atoms with Gasteiger partial charge in [-0.25, -0.2) is 0 Å². The highest BCUT2D eigenvalue weighted by molar-refractivity contribution is 9.09. The van der Waals surface area contributed by atoms with Crippen LogP contribution in [0.15, 0.2) is 0 Å². The van der Waals surface area contributed by atoms with Crippen molar-refractivity contribution in [2.24, 2.45) is 5.41 Å². The van der Waals surface area contributed by atoms with E-state index in [0.717, 1.165) is 35.4 Å². The second-order valence-electron chi connectivity index (χ2n) is 4.64. The quantitative estimate of drug-likeness (QED) is 0.745. The summed E-state index contributed by atoms with van der Waals surface area (Å²) in [7, 11) is 0. The van der Waals surface area contributed by atoms with Crippen LogP contribution in [0.2, 0.25) is 5.02 Å². The van der Waals surface area contributed by atoms with Crippen molar-refractivity contribution >= 4 is 27.5 Å². The summed E-state index contributed by atoms with van der Waals surface area (Å²) in [6.07, 6.45) is 2.10. The molecule has 0 aliphatic rings. The van der Waals surface area contributed by atoms with E-state index in [1.807, 2.05) is 11.6 Å². The molecule has 4 heteroatoms. The van der Waals surface area contributed by atoms with E-state index in [4.69, 9.17) is 11.6 Å². The number of aromatic nitrogens is 2. The summed E-state index contributed by atoms with van der Waals surface area (Å²) in [6, 6.07) is 0. The minimum atomic E-state index is 0.253. The fourth-order valence-electron chi connectivity index (χ4n) is 1.71. The topological polar surface area (TPSA) is 17.8 Å².